The molecule has 2 aromatic carbocycles. The summed E-state index contributed by atoms with van der Waals surface area (Å²) in [5, 5.41) is 15.0. The molecule has 0 saturated carbocycles. The number of anilines is 1. The standard InChI is InChI=1S/C24H31N3O/c1-17(2)23(19-8-10-20(11-9-19)24(3,4)5)26-16-22(28)27-21-12-6-18(7-13-21)14-15-25/h6-13,17,23,26H,14,16H2,1-5H3,(H,27,28)/t23-/m1/s1. The Balaban J connectivity index is 1.97. The highest BCUT2D eigenvalue weighted by Gasteiger charge is 2.18. The number of nitrogens with zero attached hydrogens (tertiary/aromatic N) is 1. The van der Waals surface area contributed by atoms with Gasteiger partial charge in [0, 0.05) is 11.7 Å². The van der Waals surface area contributed by atoms with Gasteiger partial charge in [-0.25, -0.2) is 0 Å². The van der Waals surface area contributed by atoms with Crippen molar-refractivity contribution in [3.63, 3.8) is 0 Å². The van der Waals surface area contributed by atoms with E-state index in [2.05, 4.69) is 75.6 Å². The average molecular weight is 378 g/mol. The molecule has 2 N–H and O–H groups in total. The summed E-state index contributed by atoms with van der Waals surface area (Å²) in [6.07, 6.45) is 0.375. The smallest absolute Gasteiger partial charge is 0.238 e. The van der Waals surface area contributed by atoms with Crippen LogP contribution < -0.4 is 10.6 Å². The first-order valence-corrected chi connectivity index (χ1v) is 9.80. The fourth-order valence-corrected chi connectivity index (χ4v) is 3.13. The summed E-state index contributed by atoms with van der Waals surface area (Å²) in [7, 11) is 0. The summed E-state index contributed by atoms with van der Waals surface area (Å²) in [5.41, 5.74) is 4.30. The fraction of sp³-hybridized carbons (Fsp3) is 0.417. The Kier molecular flexibility index (Phi) is 7.37. The van der Waals surface area contributed by atoms with Crippen LogP contribution in [0.1, 0.15) is 57.4 Å². The van der Waals surface area contributed by atoms with Gasteiger partial charge in [0.15, 0.2) is 0 Å². The molecule has 148 valence electrons. The van der Waals surface area contributed by atoms with E-state index in [0.717, 1.165) is 11.3 Å². The van der Waals surface area contributed by atoms with Gasteiger partial charge in [-0.2, -0.15) is 5.26 Å². The van der Waals surface area contributed by atoms with Crippen LogP contribution in [0.5, 0.6) is 0 Å². The van der Waals surface area contributed by atoms with Crippen molar-refractivity contribution in [2.45, 2.75) is 52.5 Å². The summed E-state index contributed by atoms with van der Waals surface area (Å²) in [4.78, 5) is 12.3. The SMILES string of the molecule is CC(C)[C@@H](NCC(=O)Nc1ccc(CC#N)cc1)c1ccc(C(C)(C)C)cc1. The third kappa shape index (κ3) is 6.21. The third-order valence-electron chi connectivity index (χ3n) is 4.81. The van der Waals surface area contributed by atoms with Gasteiger partial charge in [0.25, 0.3) is 0 Å². The van der Waals surface area contributed by atoms with Gasteiger partial charge < -0.3 is 10.6 Å². The van der Waals surface area contributed by atoms with Crippen molar-refractivity contribution in [2.75, 3.05) is 11.9 Å². The van der Waals surface area contributed by atoms with Crippen molar-refractivity contribution >= 4 is 11.6 Å². The molecule has 0 aliphatic rings. The minimum absolute atomic E-state index is 0.0787. The van der Waals surface area contributed by atoms with Crippen LogP contribution in [0.15, 0.2) is 48.5 Å². The minimum Gasteiger partial charge on any atom is -0.325 e. The summed E-state index contributed by atoms with van der Waals surface area (Å²) in [5.74, 6) is 0.281. The van der Waals surface area contributed by atoms with E-state index in [1.807, 2.05) is 24.3 Å². The predicted octanol–water partition coefficient (Wildman–Crippen LogP) is 4.98. The molecule has 0 bridgehead atoms. The first-order chi connectivity index (χ1) is 13.2. The average Bonchev–Trinajstić information content (AvgIpc) is 2.63. The van der Waals surface area contributed by atoms with Gasteiger partial charge >= 0.3 is 0 Å². The molecule has 0 fully saturated rings. The second-order valence-electron chi connectivity index (χ2n) is 8.55. The van der Waals surface area contributed by atoms with Crippen molar-refractivity contribution in [1.29, 1.82) is 5.26 Å². The van der Waals surface area contributed by atoms with E-state index in [4.69, 9.17) is 5.26 Å². The molecule has 0 aliphatic carbocycles. The minimum atomic E-state index is -0.0787. The molecule has 2 aromatic rings. The number of carbonyl (C=O) groups excluding carboxylic acids is 1. The molecule has 0 saturated heterocycles. The molecule has 0 unspecified atom stereocenters. The van der Waals surface area contributed by atoms with Crippen LogP contribution in [0.25, 0.3) is 0 Å². The summed E-state index contributed by atoms with van der Waals surface area (Å²) in [6.45, 7) is 11.2. The van der Waals surface area contributed by atoms with Gasteiger partial charge in [0.2, 0.25) is 5.91 Å². The summed E-state index contributed by atoms with van der Waals surface area (Å²) in [6, 6.07) is 18.3. The van der Waals surface area contributed by atoms with Crippen molar-refractivity contribution in [3.8, 4) is 6.07 Å². The lowest BCUT2D eigenvalue weighted by Crippen LogP contribution is -2.33. The van der Waals surface area contributed by atoms with Gasteiger partial charge in [-0.1, -0.05) is 71.0 Å². The van der Waals surface area contributed by atoms with E-state index in [0.29, 0.717) is 12.3 Å². The maximum atomic E-state index is 12.3. The molecule has 4 nitrogen and oxygen atoms in total. The topological polar surface area (TPSA) is 64.9 Å². The molecule has 0 radical (unpaired) electrons. The molecule has 1 amide bonds. The van der Waals surface area contributed by atoms with E-state index in [1.54, 1.807) is 0 Å². The Morgan fingerprint density at radius 3 is 2.14 bits per heavy atom. The number of nitrogens with one attached hydrogen (secondary N) is 2. The molecular weight excluding hydrogens is 346 g/mol. The number of rotatable bonds is 7. The van der Waals surface area contributed by atoms with Crippen LogP contribution in [-0.4, -0.2) is 12.5 Å². The van der Waals surface area contributed by atoms with Crippen LogP contribution in [0, 0.1) is 17.2 Å². The summed E-state index contributed by atoms with van der Waals surface area (Å²) >= 11 is 0. The van der Waals surface area contributed by atoms with Crippen LogP contribution >= 0.6 is 0 Å². The molecular formula is C24H31N3O. The Labute approximate surface area is 169 Å². The maximum absolute atomic E-state index is 12.3. The normalized spacial score (nSPS) is 12.5. The predicted molar refractivity (Wildman–Crippen MR) is 115 cm³/mol. The second kappa shape index (κ2) is 9.52. The number of hydrogen-bond donors (Lipinski definition) is 2. The lowest BCUT2D eigenvalue weighted by molar-refractivity contribution is -0.115. The lowest BCUT2D eigenvalue weighted by atomic mass is 9.85. The van der Waals surface area contributed by atoms with E-state index in [9.17, 15) is 4.79 Å². The highest BCUT2D eigenvalue weighted by molar-refractivity contribution is 5.92. The Morgan fingerprint density at radius 2 is 1.64 bits per heavy atom. The van der Waals surface area contributed by atoms with Gasteiger partial charge in [0.05, 0.1) is 19.0 Å². The van der Waals surface area contributed by atoms with Gasteiger partial charge in [-0.15, -0.1) is 0 Å². The Bertz CT molecular complexity index is 809. The van der Waals surface area contributed by atoms with Crippen LogP contribution in [-0.2, 0) is 16.6 Å². The molecule has 0 spiro atoms. The molecule has 0 aliphatic heterocycles. The Hall–Kier alpha value is -2.64. The number of amides is 1. The van der Waals surface area contributed by atoms with E-state index < -0.39 is 0 Å². The zero-order chi connectivity index (χ0) is 20.7. The summed E-state index contributed by atoms with van der Waals surface area (Å²) < 4.78 is 0. The maximum Gasteiger partial charge on any atom is 0.238 e. The van der Waals surface area contributed by atoms with Crippen molar-refractivity contribution in [1.82, 2.24) is 5.32 Å². The van der Waals surface area contributed by atoms with Crippen LogP contribution in [0.2, 0.25) is 0 Å². The van der Waals surface area contributed by atoms with E-state index in [-0.39, 0.29) is 23.9 Å². The fourth-order valence-electron chi connectivity index (χ4n) is 3.13. The second-order valence-corrected chi connectivity index (χ2v) is 8.55. The third-order valence-corrected chi connectivity index (χ3v) is 4.81. The van der Waals surface area contributed by atoms with Gasteiger partial charge in [-0.3, -0.25) is 4.79 Å². The largest absolute Gasteiger partial charge is 0.325 e. The van der Waals surface area contributed by atoms with Crippen molar-refractivity contribution in [3.05, 3.63) is 65.2 Å². The Morgan fingerprint density at radius 1 is 1.04 bits per heavy atom. The highest BCUT2D eigenvalue weighted by Crippen LogP contribution is 2.26. The first-order valence-electron chi connectivity index (χ1n) is 9.80. The molecule has 0 heterocycles. The molecule has 1 atom stereocenters. The zero-order valence-corrected chi connectivity index (χ0v) is 17.5. The molecule has 4 heteroatoms. The van der Waals surface area contributed by atoms with Gasteiger partial charge in [0.1, 0.15) is 0 Å². The van der Waals surface area contributed by atoms with E-state index in [1.165, 1.54) is 11.1 Å². The monoisotopic (exact) mass is 377 g/mol. The number of nitriles is 1. The van der Waals surface area contributed by atoms with E-state index >= 15 is 0 Å². The quantitative estimate of drug-likeness (QED) is 0.715. The lowest BCUT2D eigenvalue weighted by Gasteiger charge is -2.25. The van der Waals surface area contributed by atoms with Crippen molar-refractivity contribution < 1.29 is 4.79 Å². The first kappa shape index (κ1) is 21.7. The zero-order valence-electron chi connectivity index (χ0n) is 17.5. The highest BCUT2D eigenvalue weighted by atomic mass is 16.1. The molecule has 0 aromatic heterocycles. The van der Waals surface area contributed by atoms with Crippen molar-refractivity contribution in [2.24, 2.45) is 5.92 Å². The number of carbonyl (C=O) groups is 1. The van der Waals surface area contributed by atoms with Crippen LogP contribution in [0.3, 0.4) is 0 Å². The molecule has 28 heavy (non-hydrogen) atoms. The molecule has 2 rings (SSSR count). The number of hydrogen-bond acceptors (Lipinski definition) is 3. The van der Waals surface area contributed by atoms with Crippen LogP contribution in [0.4, 0.5) is 5.69 Å². The van der Waals surface area contributed by atoms with Gasteiger partial charge in [-0.05, 0) is 40.2 Å². The number of benzene rings is 2.